The van der Waals surface area contributed by atoms with E-state index in [-0.39, 0.29) is 0 Å². The number of aryl methyl sites for hydroxylation is 1. The molecule has 4 heteroatoms. The zero-order valence-corrected chi connectivity index (χ0v) is 14.7. The Labute approximate surface area is 144 Å². The number of nitrogens with zero attached hydrogens (tertiary/aromatic N) is 1. The maximum atomic E-state index is 5.34. The molecule has 0 radical (unpaired) electrons. The molecule has 2 N–H and O–H groups in total. The van der Waals surface area contributed by atoms with Gasteiger partial charge in [-0.3, -0.25) is 0 Å². The molecule has 0 aliphatic carbocycles. The molecule has 2 aromatic carbocycles. The predicted octanol–water partition coefficient (Wildman–Crippen LogP) is 4.20. The smallest absolute Gasteiger partial charge is 0.170 e. The average Bonchev–Trinajstić information content (AvgIpc) is 2.56. The Bertz CT molecular complexity index is 613. The van der Waals surface area contributed by atoms with Crippen molar-refractivity contribution in [2.75, 3.05) is 29.9 Å². The molecule has 3 nitrogen and oxygen atoms in total. The second-order valence-corrected chi connectivity index (χ2v) is 5.93. The molecule has 2 rings (SSSR count). The van der Waals surface area contributed by atoms with Crippen molar-refractivity contribution < 1.29 is 0 Å². The highest BCUT2D eigenvalue weighted by Gasteiger charge is 2.03. The first-order valence-corrected chi connectivity index (χ1v) is 8.51. The summed E-state index contributed by atoms with van der Waals surface area (Å²) in [5, 5.41) is 7.18. The molecule has 122 valence electrons. The molecule has 0 bridgehead atoms. The highest BCUT2D eigenvalue weighted by atomic mass is 32.1. The highest BCUT2D eigenvalue weighted by molar-refractivity contribution is 7.80. The molecule has 0 heterocycles. The normalized spacial score (nSPS) is 10.2. The van der Waals surface area contributed by atoms with E-state index in [1.165, 1.54) is 11.3 Å². The van der Waals surface area contributed by atoms with Crippen molar-refractivity contribution in [2.45, 2.75) is 20.3 Å². The first-order valence-electron chi connectivity index (χ1n) is 8.10. The van der Waals surface area contributed by atoms with Crippen molar-refractivity contribution in [3.63, 3.8) is 0 Å². The van der Waals surface area contributed by atoms with Gasteiger partial charge in [0.05, 0.1) is 0 Å². The number of hydrogen-bond acceptors (Lipinski definition) is 2. The Hall–Kier alpha value is -2.07. The van der Waals surface area contributed by atoms with Crippen LogP contribution in [0.1, 0.15) is 18.9 Å². The SMILES string of the molecule is CCN(CCCNC(=S)Nc1cccc(C)c1)c1ccccc1. The van der Waals surface area contributed by atoms with E-state index in [9.17, 15) is 0 Å². The standard InChI is InChI=1S/C19H25N3S/c1-3-22(18-11-5-4-6-12-18)14-8-13-20-19(23)21-17-10-7-9-16(2)15-17/h4-7,9-12,15H,3,8,13-14H2,1-2H3,(H2,20,21,23). The molecular formula is C19H25N3S. The van der Waals surface area contributed by atoms with E-state index in [2.05, 4.69) is 65.8 Å². The molecular weight excluding hydrogens is 302 g/mol. The molecule has 0 aliphatic heterocycles. The summed E-state index contributed by atoms with van der Waals surface area (Å²) < 4.78 is 0. The van der Waals surface area contributed by atoms with Gasteiger partial charge in [0.1, 0.15) is 0 Å². The zero-order chi connectivity index (χ0) is 16.5. The summed E-state index contributed by atoms with van der Waals surface area (Å²) in [5.74, 6) is 0. The molecule has 0 saturated carbocycles. The maximum Gasteiger partial charge on any atom is 0.170 e. The number of rotatable bonds is 7. The van der Waals surface area contributed by atoms with Crippen molar-refractivity contribution in [1.82, 2.24) is 5.32 Å². The number of anilines is 2. The summed E-state index contributed by atoms with van der Waals surface area (Å²) in [5.41, 5.74) is 3.52. The van der Waals surface area contributed by atoms with Crippen molar-refractivity contribution in [3.05, 3.63) is 60.2 Å². The third-order valence-corrected chi connectivity index (χ3v) is 3.92. The maximum absolute atomic E-state index is 5.34. The average molecular weight is 327 g/mol. The molecule has 0 atom stereocenters. The monoisotopic (exact) mass is 327 g/mol. The fourth-order valence-corrected chi connectivity index (χ4v) is 2.70. The zero-order valence-electron chi connectivity index (χ0n) is 13.9. The van der Waals surface area contributed by atoms with Crippen molar-refractivity contribution in [2.24, 2.45) is 0 Å². The molecule has 2 aromatic rings. The fraction of sp³-hybridized carbons (Fsp3) is 0.316. The molecule has 0 amide bonds. The van der Waals surface area contributed by atoms with Crippen LogP contribution in [0, 0.1) is 6.92 Å². The lowest BCUT2D eigenvalue weighted by Crippen LogP contribution is -2.32. The van der Waals surface area contributed by atoms with Crippen LogP contribution in [-0.4, -0.2) is 24.7 Å². The van der Waals surface area contributed by atoms with E-state index in [1.807, 2.05) is 18.2 Å². The summed E-state index contributed by atoms with van der Waals surface area (Å²) in [7, 11) is 0. The highest BCUT2D eigenvalue weighted by Crippen LogP contribution is 2.13. The Morgan fingerprint density at radius 3 is 2.57 bits per heavy atom. The number of hydrogen-bond donors (Lipinski definition) is 2. The first kappa shape index (κ1) is 17.3. The number of thiocarbonyl (C=S) groups is 1. The summed E-state index contributed by atoms with van der Waals surface area (Å²) in [4.78, 5) is 2.37. The molecule has 0 unspecified atom stereocenters. The lowest BCUT2D eigenvalue weighted by atomic mass is 10.2. The molecule has 0 aromatic heterocycles. The van der Waals surface area contributed by atoms with Crippen molar-refractivity contribution in [1.29, 1.82) is 0 Å². The quantitative estimate of drug-likeness (QED) is 0.589. The van der Waals surface area contributed by atoms with E-state index in [0.717, 1.165) is 31.7 Å². The van der Waals surface area contributed by atoms with Gasteiger partial charge in [0, 0.05) is 31.0 Å². The van der Waals surface area contributed by atoms with E-state index < -0.39 is 0 Å². The number of benzene rings is 2. The van der Waals surface area contributed by atoms with Crippen LogP contribution in [-0.2, 0) is 0 Å². The molecule has 23 heavy (non-hydrogen) atoms. The minimum absolute atomic E-state index is 0.679. The van der Waals surface area contributed by atoms with Crippen LogP contribution in [0.2, 0.25) is 0 Å². The largest absolute Gasteiger partial charge is 0.372 e. The lowest BCUT2D eigenvalue weighted by Gasteiger charge is -2.23. The van der Waals surface area contributed by atoms with Gasteiger partial charge in [-0.2, -0.15) is 0 Å². The van der Waals surface area contributed by atoms with Gasteiger partial charge < -0.3 is 15.5 Å². The van der Waals surface area contributed by atoms with Crippen LogP contribution < -0.4 is 15.5 Å². The van der Waals surface area contributed by atoms with Crippen LogP contribution in [0.25, 0.3) is 0 Å². The topological polar surface area (TPSA) is 27.3 Å². The summed E-state index contributed by atoms with van der Waals surface area (Å²) in [6.07, 6.45) is 1.04. The van der Waals surface area contributed by atoms with Crippen LogP contribution in [0.15, 0.2) is 54.6 Å². The van der Waals surface area contributed by atoms with Crippen molar-refractivity contribution in [3.8, 4) is 0 Å². The van der Waals surface area contributed by atoms with Crippen molar-refractivity contribution >= 4 is 28.7 Å². The third-order valence-electron chi connectivity index (χ3n) is 3.67. The second kappa shape index (κ2) is 9.16. The fourth-order valence-electron chi connectivity index (χ4n) is 2.48. The van der Waals surface area contributed by atoms with Gasteiger partial charge in [-0.05, 0) is 62.3 Å². The second-order valence-electron chi connectivity index (χ2n) is 5.52. The van der Waals surface area contributed by atoms with Crippen LogP contribution in [0.4, 0.5) is 11.4 Å². The van der Waals surface area contributed by atoms with E-state index in [0.29, 0.717) is 5.11 Å². The van der Waals surface area contributed by atoms with Gasteiger partial charge in [-0.15, -0.1) is 0 Å². The number of para-hydroxylation sites is 1. The molecule has 0 saturated heterocycles. The first-order chi connectivity index (χ1) is 11.2. The Kier molecular flexibility index (Phi) is 6.88. The Balaban J connectivity index is 1.71. The molecule has 0 fully saturated rings. The van der Waals surface area contributed by atoms with E-state index in [1.54, 1.807) is 0 Å². The summed E-state index contributed by atoms with van der Waals surface area (Å²) >= 11 is 5.34. The minimum atomic E-state index is 0.679. The van der Waals surface area contributed by atoms with Crippen LogP contribution in [0.3, 0.4) is 0 Å². The Morgan fingerprint density at radius 2 is 1.87 bits per heavy atom. The van der Waals surface area contributed by atoms with Gasteiger partial charge in [-0.25, -0.2) is 0 Å². The van der Waals surface area contributed by atoms with E-state index >= 15 is 0 Å². The molecule has 0 aliphatic rings. The third kappa shape index (κ3) is 5.91. The van der Waals surface area contributed by atoms with Crippen LogP contribution in [0.5, 0.6) is 0 Å². The number of nitrogens with one attached hydrogen (secondary N) is 2. The summed E-state index contributed by atoms with van der Waals surface area (Å²) in [6, 6.07) is 18.7. The molecule has 0 spiro atoms. The predicted molar refractivity (Wildman–Crippen MR) is 104 cm³/mol. The van der Waals surface area contributed by atoms with Gasteiger partial charge in [0.15, 0.2) is 5.11 Å². The minimum Gasteiger partial charge on any atom is -0.372 e. The van der Waals surface area contributed by atoms with Gasteiger partial charge in [-0.1, -0.05) is 30.3 Å². The summed E-state index contributed by atoms with van der Waals surface area (Å²) in [6.45, 7) is 7.15. The van der Waals surface area contributed by atoms with E-state index in [4.69, 9.17) is 12.2 Å². The Morgan fingerprint density at radius 1 is 1.09 bits per heavy atom. The lowest BCUT2D eigenvalue weighted by molar-refractivity contribution is 0.726. The van der Waals surface area contributed by atoms with Gasteiger partial charge in [0.2, 0.25) is 0 Å². The van der Waals surface area contributed by atoms with Gasteiger partial charge >= 0.3 is 0 Å². The van der Waals surface area contributed by atoms with Crippen LogP contribution >= 0.6 is 12.2 Å². The van der Waals surface area contributed by atoms with Gasteiger partial charge in [0.25, 0.3) is 0 Å².